The molecule has 1 unspecified atom stereocenters. The number of nitrogens with one attached hydrogen (secondary N) is 1. The summed E-state index contributed by atoms with van der Waals surface area (Å²) in [7, 11) is 0. The molecule has 1 atom stereocenters. The van der Waals surface area contributed by atoms with E-state index in [-0.39, 0.29) is 23.5 Å². The molecule has 2 aromatic rings. The number of hydrogen-bond acceptors (Lipinski definition) is 3. The normalized spacial score (nSPS) is 17.0. The summed E-state index contributed by atoms with van der Waals surface area (Å²) in [5.74, 6) is -0.868. The summed E-state index contributed by atoms with van der Waals surface area (Å²) in [4.78, 5) is 31.2. The summed E-state index contributed by atoms with van der Waals surface area (Å²) in [6, 6.07) is 8.89. The van der Waals surface area contributed by atoms with Crippen LogP contribution >= 0.6 is 0 Å². The third kappa shape index (κ3) is 4.07. The number of carbonyl (C=O) groups excluding carboxylic acids is 2. The number of nitrogens with zero attached hydrogens (tertiary/aromatic N) is 2. The van der Waals surface area contributed by atoms with Crippen LogP contribution in [0.2, 0.25) is 0 Å². The van der Waals surface area contributed by atoms with Gasteiger partial charge in [0.15, 0.2) is 0 Å². The zero-order valence-corrected chi connectivity index (χ0v) is 14.7. The summed E-state index contributed by atoms with van der Waals surface area (Å²) in [6.45, 7) is 2.83. The van der Waals surface area contributed by atoms with Gasteiger partial charge in [0.1, 0.15) is 11.5 Å². The fourth-order valence-electron chi connectivity index (χ4n) is 3.27. The van der Waals surface area contributed by atoms with Crippen molar-refractivity contribution in [3.05, 3.63) is 59.7 Å². The second kappa shape index (κ2) is 8.08. The summed E-state index contributed by atoms with van der Waals surface area (Å²) in [5.41, 5.74) is 1.09. The number of piperidine rings is 1. The van der Waals surface area contributed by atoms with Gasteiger partial charge in [-0.3, -0.25) is 14.6 Å². The first-order chi connectivity index (χ1) is 12.6. The number of halogens is 1. The molecular weight excluding hydrogens is 333 g/mol. The lowest BCUT2D eigenvalue weighted by Crippen LogP contribution is -2.43. The summed E-state index contributed by atoms with van der Waals surface area (Å²) < 4.78 is 13.0. The third-order valence-electron chi connectivity index (χ3n) is 4.70. The average molecular weight is 355 g/mol. The Kier molecular flexibility index (Phi) is 5.61. The van der Waals surface area contributed by atoms with Gasteiger partial charge in [-0.05, 0) is 62.1 Å². The van der Waals surface area contributed by atoms with E-state index in [4.69, 9.17) is 0 Å². The van der Waals surface area contributed by atoms with Crippen molar-refractivity contribution in [1.82, 2.24) is 9.88 Å². The maximum Gasteiger partial charge on any atom is 0.274 e. The molecule has 1 aliphatic rings. The van der Waals surface area contributed by atoms with E-state index in [0.29, 0.717) is 11.3 Å². The Bertz CT molecular complexity index is 792. The van der Waals surface area contributed by atoms with E-state index in [1.54, 1.807) is 6.07 Å². The molecule has 1 aromatic carbocycles. The quantitative estimate of drug-likeness (QED) is 0.905. The molecular formula is C20H22FN3O2. The number of rotatable bonds is 4. The minimum atomic E-state index is -0.433. The number of carbonyl (C=O) groups is 2. The lowest BCUT2D eigenvalue weighted by molar-refractivity contribution is 0.0608. The van der Waals surface area contributed by atoms with Crippen molar-refractivity contribution in [2.75, 3.05) is 11.9 Å². The fourth-order valence-corrected chi connectivity index (χ4v) is 3.27. The number of likely N-dealkylation sites (tertiary alicyclic amines) is 1. The first-order valence-electron chi connectivity index (χ1n) is 8.92. The number of hydrogen-bond donors (Lipinski definition) is 1. The number of pyridine rings is 1. The summed E-state index contributed by atoms with van der Waals surface area (Å²) >= 11 is 0. The second-order valence-corrected chi connectivity index (χ2v) is 6.45. The molecule has 1 aliphatic heterocycles. The SMILES string of the molecule is CCC1CCCCN1C(=O)c1ccnc(C(=O)Nc2ccc(F)cc2)c1. The topological polar surface area (TPSA) is 62.3 Å². The van der Waals surface area contributed by atoms with E-state index in [0.717, 1.165) is 32.2 Å². The van der Waals surface area contributed by atoms with Crippen molar-refractivity contribution in [3.8, 4) is 0 Å². The van der Waals surface area contributed by atoms with Crippen molar-refractivity contribution < 1.29 is 14.0 Å². The van der Waals surface area contributed by atoms with Crippen LogP contribution in [0.3, 0.4) is 0 Å². The van der Waals surface area contributed by atoms with Crippen molar-refractivity contribution in [2.45, 2.75) is 38.6 Å². The lowest BCUT2D eigenvalue weighted by Gasteiger charge is -2.35. The van der Waals surface area contributed by atoms with Crippen molar-refractivity contribution in [1.29, 1.82) is 0 Å². The minimum Gasteiger partial charge on any atom is -0.336 e. The van der Waals surface area contributed by atoms with Crippen LogP contribution in [-0.2, 0) is 0 Å². The Balaban J connectivity index is 1.75. The van der Waals surface area contributed by atoms with Crippen molar-refractivity contribution in [2.24, 2.45) is 0 Å². The van der Waals surface area contributed by atoms with E-state index in [2.05, 4.69) is 17.2 Å². The van der Waals surface area contributed by atoms with Crippen LogP contribution in [0.5, 0.6) is 0 Å². The number of anilines is 1. The van der Waals surface area contributed by atoms with Crippen molar-refractivity contribution >= 4 is 17.5 Å². The Labute approximate surface area is 152 Å². The van der Waals surface area contributed by atoms with E-state index in [9.17, 15) is 14.0 Å². The zero-order valence-electron chi connectivity index (χ0n) is 14.7. The van der Waals surface area contributed by atoms with E-state index < -0.39 is 5.91 Å². The van der Waals surface area contributed by atoms with Gasteiger partial charge in [-0.1, -0.05) is 6.92 Å². The van der Waals surface area contributed by atoms with Gasteiger partial charge < -0.3 is 10.2 Å². The minimum absolute atomic E-state index is 0.0604. The number of amides is 2. The average Bonchev–Trinajstić information content (AvgIpc) is 2.69. The molecule has 2 heterocycles. The van der Waals surface area contributed by atoms with Crippen LogP contribution in [0.15, 0.2) is 42.6 Å². The van der Waals surface area contributed by atoms with Gasteiger partial charge in [-0.2, -0.15) is 0 Å². The lowest BCUT2D eigenvalue weighted by atomic mass is 9.99. The van der Waals surface area contributed by atoms with E-state index in [1.807, 2.05) is 4.90 Å². The highest BCUT2D eigenvalue weighted by Gasteiger charge is 2.26. The second-order valence-electron chi connectivity index (χ2n) is 6.45. The van der Waals surface area contributed by atoms with Crippen LogP contribution in [0.25, 0.3) is 0 Å². The zero-order chi connectivity index (χ0) is 18.5. The molecule has 0 saturated carbocycles. The predicted octanol–water partition coefficient (Wildman–Crippen LogP) is 3.88. The molecule has 2 amide bonds. The fraction of sp³-hybridized carbons (Fsp3) is 0.350. The highest BCUT2D eigenvalue weighted by molar-refractivity contribution is 6.04. The molecule has 0 radical (unpaired) electrons. The summed E-state index contributed by atoms with van der Waals surface area (Å²) in [5, 5.41) is 2.66. The molecule has 136 valence electrons. The molecule has 5 nitrogen and oxygen atoms in total. The van der Waals surface area contributed by atoms with Gasteiger partial charge in [0.25, 0.3) is 11.8 Å². The molecule has 6 heteroatoms. The van der Waals surface area contributed by atoms with E-state index >= 15 is 0 Å². The highest BCUT2D eigenvalue weighted by atomic mass is 19.1. The molecule has 0 bridgehead atoms. The predicted molar refractivity (Wildman–Crippen MR) is 97.6 cm³/mol. The summed E-state index contributed by atoms with van der Waals surface area (Å²) in [6.07, 6.45) is 5.56. The van der Waals surface area contributed by atoms with Gasteiger partial charge in [0.2, 0.25) is 0 Å². The molecule has 26 heavy (non-hydrogen) atoms. The maximum absolute atomic E-state index is 13.0. The molecule has 0 aliphatic carbocycles. The smallest absolute Gasteiger partial charge is 0.274 e. The monoisotopic (exact) mass is 355 g/mol. The van der Waals surface area contributed by atoms with Crippen LogP contribution in [0.4, 0.5) is 10.1 Å². The molecule has 1 fully saturated rings. The first-order valence-corrected chi connectivity index (χ1v) is 8.92. The van der Waals surface area contributed by atoms with Crippen LogP contribution in [-0.4, -0.2) is 34.3 Å². The molecule has 0 spiro atoms. The van der Waals surface area contributed by atoms with Crippen LogP contribution in [0, 0.1) is 5.82 Å². The molecule has 1 aromatic heterocycles. The van der Waals surface area contributed by atoms with Gasteiger partial charge >= 0.3 is 0 Å². The first kappa shape index (κ1) is 18.0. The Morgan fingerprint density at radius 3 is 2.73 bits per heavy atom. The maximum atomic E-state index is 13.0. The van der Waals surface area contributed by atoms with Gasteiger partial charge in [0.05, 0.1) is 0 Å². The molecule has 1 N–H and O–H groups in total. The Morgan fingerprint density at radius 2 is 2.00 bits per heavy atom. The van der Waals surface area contributed by atoms with Crippen molar-refractivity contribution in [3.63, 3.8) is 0 Å². The number of benzene rings is 1. The van der Waals surface area contributed by atoms with E-state index in [1.165, 1.54) is 36.5 Å². The standard InChI is InChI=1S/C20H22FN3O2/c1-2-17-5-3-4-12-24(17)20(26)14-10-11-22-18(13-14)19(25)23-16-8-6-15(21)7-9-16/h6-11,13,17H,2-5,12H2,1H3,(H,23,25). The Hall–Kier alpha value is -2.76. The van der Waals surface area contributed by atoms with Gasteiger partial charge in [-0.25, -0.2) is 4.39 Å². The Morgan fingerprint density at radius 1 is 1.23 bits per heavy atom. The van der Waals surface area contributed by atoms with Gasteiger partial charge in [0, 0.05) is 30.0 Å². The molecule has 3 rings (SSSR count). The van der Waals surface area contributed by atoms with Crippen LogP contribution < -0.4 is 5.32 Å². The number of aromatic nitrogens is 1. The third-order valence-corrected chi connectivity index (χ3v) is 4.70. The highest BCUT2D eigenvalue weighted by Crippen LogP contribution is 2.22. The van der Waals surface area contributed by atoms with Gasteiger partial charge in [-0.15, -0.1) is 0 Å². The molecule has 1 saturated heterocycles. The van der Waals surface area contributed by atoms with Crippen LogP contribution in [0.1, 0.15) is 53.5 Å². The largest absolute Gasteiger partial charge is 0.336 e.